The number of carboxylic acid groups (broad SMARTS) is 2. The Kier molecular flexibility index (Phi) is 9.15. The maximum Gasteiger partial charge on any atom is 0.310 e. The van der Waals surface area contributed by atoms with Gasteiger partial charge in [0.25, 0.3) is 0 Å². The van der Waals surface area contributed by atoms with Gasteiger partial charge in [-0.1, -0.05) is 12.2 Å². The molecule has 0 aliphatic rings. The second-order valence-corrected chi connectivity index (χ2v) is 2.25. The smallest absolute Gasteiger partial charge is 0.310 e. The molecule has 1 unspecified atom stereocenters. The third-order valence-corrected chi connectivity index (χ3v) is 1.06. The van der Waals surface area contributed by atoms with Crippen LogP contribution in [0.4, 0.5) is 0 Å². The highest BCUT2D eigenvalue weighted by Crippen LogP contribution is 1.92. The predicted molar refractivity (Wildman–Crippen MR) is 49.4 cm³/mol. The van der Waals surface area contributed by atoms with E-state index in [2.05, 4.69) is 13.2 Å². The summed E-state index contributed by atoms with van der Waals surface area (Å²) < 4.78 is 0. The zero-order chi connectivity index (χ0) is 10.9. The first-order valence-corrected chi connectivity index (χ1v) is 3.63. The Hall–Kier alpha value is -1.58. The highest BCUT2D eigenvalue weighted by molar-refractivity contribution is 5.71. The lowest BCUT2D eigenvalue weighted by molar-refractivity contribution is -0.139. The molecule has 0 heterocycles. The molecule has 0 spiro atoms. The summed E-state index contributed by atoms with van der Waals surface area (Å²) in [5, 5.41) is 16.0. The second kappa shape index (κ2) is 8.52. The molecule has 0 aromatic carbocycles. The van der Waals surface area contributed by atoms with Crippen LogP contribution in [0.2, 0.25) is 0 Å². The molecule has 4 heteroatoms. The van der Waals surface area contributed by atoms with Crippen molar-refractivity contribution in [1.82, 2.24) is 0 Å². The van der Waals surface area contributed by atoms with E-state index in [-0.39, 0.29) is 6.42 Å². The molecule has 13 heavy (non-hydrogen) atoms. The monoisotopic (exact) mass is 186 g/mol. The first-order chi connectivity index (χ1) is 5.95. The van der Waals surface area contributed by atoms with Crippen molar-refractivity contribution >= 4 is 11.9 Å². The van der Waals surface area contributed by atoms with Crippen molar-refractivity contribution in [2.45, 2.75) is 13.3 Å². The minimum atomic E-state index is -0.829. The zero-order valence-electron chi connectivity index (χ0n) is 7.56. The van der Waals surface area contributed by atoms with E-state index < -0.39 is 17.9 Å². The van der Waals surface area contributed by atoms with E-state index in [1.54, 1.807) is 6.92 Å². The zero-order valence-corrected chi connectivity index (χ0v) is 7.56. The summed E-state index contributed by atoms with van der Waals surface area (Å²) in [6, 6.07) is 0. The lowest BCUT2D eigenvalue weighted by atomic mass is 10.2. The Bertz CT molecular complexity index is 196. The van der Waals surface area contributed by atoms with E-state index in [1.165, 1.54) is 12.2 Å². The van der Waals surface area contributed by atoms with Crippen LogP contribution < -0.4 is 0 Å². The SMILES string of the molecule is C=CC(C)C(=O)O.C=CCC(=O)O. The van der Waals surface area contributed by atoms with Crippen molar-refractivity contribution in [2.75, 3.05) is 0 Å². The van der Waals surface area contributed by atoms with Crippen molar-refractivity contribution in [3.8, 4) is 0 Å². The third-order valence-electron chi connectivity index (χ3n) is 1.06. The number of hydrogen-bond acceptors (Lipinski definition) is 2. The molecule has 1 atom stereocenters. The summed E-state index contributed by atoms with van der Waals surface area (Å²) in [7, 11) is 0. The minimum absolute atomic E-state index is 0.0556. The second-order valence-electron chi connectivity index (χ2n) is 2.25. The molecule has 0 amide bonds. The highest BCUT2D eigenvalue weighted by Gasteiger charge is 2.02. The number of carboxylic acids is 2. The van der Waals surface area contributed by atoms with Gasteiger partial charge in [0.05, 0.1) is 12.3 Å². The molecule has 0 aromatic rings. The first kappa shape index (κ1) is 14.0. The summed E-state index contributed by atoms with van der Waals surface area (Å²) >= 11 is 0. The van der Waals surface area contributed by atoms with Crippen LogP contribution in [0.5, 0.6) is 0 Å². The first-order valence-electron chi connectivity index (χ1n) is 3.63. The van der Waals surface area contributed by atoms with E-state index >= 15 is 0 Å². The standard InChI is InChI=1S/C5H8O2.C4H6O2/c1-3-4(2)5(6)7;1-2-3-4(5)6/h3-4H,1H2,2H3,(H,6,7);2H,1,3H2,(H,5,6). The van der Waals surface area contributed by atoms with Gasteiger partial charge in [0, 0.05) is 0 Å². The van der Waals surface area contributed by atoms with Gasteiger partial charge in [-0.05, 0) is 6.92 Å². The third kappa shape index (κ3) is 13.4. The molecule has 0 rings (SSSR count). The van der Waals surface area contributed by atoms with Gasteiger partial charge in [-0.3, -0.25) is 9.59 Å². The van der Waals surface area contributed by atoms with Crippen LogP contribution in [-0.2, 0) is 9.59 Å². The van der Waals surface area contributed by atoms with Gasteiger partial charge in [-0.25, -0.2) is 0 Å². The van der Waals surface area contributed by atoms with Gasteiger partial charge in [-0.2, -0.15) is 0 Å². The molecule has 0 aromatic heterocycles. The van der Waals surface area contributed by atoms with Crippen LogP contribution in [-0.4, -0.2) is 22.2 Å². The molecule has 2 N–H and O–H groups in total. The largest absolute Gasteiger partial charge is 0.481 e. The normalized spacial score (nSPS) is 10.2. The summed E-state index contributed by atoms with van der Waals surface area (Å²) in [4.78, 5) is 19.4. The minimum Gasteiger partial charge on any atom is -0.481 e. The molecule has 74 valence electrons. The highest BCUT2D eigenvalue weighted by atomic mass is 16.4. The summed E-state index contributed by atoms with van der Waals surface area (Å²) in [6.07, 6.45) is 2.80. The average Bonchev–Trinajstić information content (AvgIpc) is 2.03. The van der Waals surface area contributed by atoms with Crippen LogP contribution in [0.15, 0.2) is 25.3 Å². The average molecular weight is 186 g/mol. The summed E-state index contributed by atoms with van der Waals surface area (Å²) in [5.74, 6) is -2.07. The fourth-order valence-corrected chi connectivity index (χ4v) is 0.224. The van der Waals surface area contributed by atoms with Crippen molar-refractivity contribution in [1.29, 1.82) is 0 Å². The molecular weight excluding hydrogens is 172 g/mol. The maximum atomic E-state index is 9.86. The number of hydrogen-bond donors (Lipinski definition) is 2. The van der Waals surface area contributed by atoms with E-state index in [0.29, 0.717) is 0 Å². The molecular formula is C9H14O4. The fraction of sp³-hybridized carbons (Fsp3) is 0.333. The van der Waals surface area contributed by atoms with Gasteiger partial charge < -0.3 is 10.2 Å². The summed E-state index contributed by atoms with van der Waals surface area (Å²) in [5.41, 5.74) is 0. The van der Waals surface area contributed by atoms with Crippen molar-refractivity contribution < 1.29 is 19.8 Å². The Morgan fingerprint density at radius 1 is 1.38 bits per heavy atom. The van der Waals surface area contributed by atoms with Crippen molar-refractivity contribution in [2.24, 2.45) is 5.92 Å². The van der Waals surface area contributed by atoms with Gasteiger partial charge in [0.2, 0.25) is 0 Å². The Morgan fingerprint density at radius 2 is 1.85 bits per heavy atom. The molecule has 0 aliphatic carbocycles. The van der Waals surface area contributed by atoms with E-state index in [0.717, 1.165) is 0 Å². The molecule has 0 saturated carbocycles. The lowest BCUT2D eigenvalue weighted by Crippen LogP contribution is -2.04. The van der Waals surface area contributed by atoms with Gasteiger partial charge >= 0.3 is 11.9 Å². The van der Waals surface area contributed by atoms with Crippen molar-refractivity contribution in [3.63, 3.8) is 0 Å². The topological polar surface area (TPSA) is 74.6 Å². The molecule has 0 aliphatic heterocycles. The van der Waals surface area contributed by atoms with Gasteiger partial charge in [-0.15, -0.1) is 13.2 Å². The van der Waals surface area contributed by atoms with Crippen LogP contribution in [0.1, 0.15) is 13.3 Å². The van der Waals surface area contributed by atoms with E-state index in [9.17, 15) is 9.59 Å². The van der Waals surface area contributed by atoms with Gasteiger partial charge in [0.15, 0.2) is 0 Å². The Labute approximate surface area is 77.2 Å². The number of aliphatic carboxylic acids is 2. The molecule has 0 bridgehead atoms. The van der Waals surface area contributed by atoms with Crippen LogP contribution in [0, 0.1) is 5.92 Å². The number of carbonyl (C=O) groups is 2. The van der Waals surface area contributed by atoms with Gasteiger partial charge in [0.1, 0.15) is 0 Å². The predicted octanol–water partition coefficient (Wildman–Crippen LogP) is 1.54. The maximum absolute atomic E-state index is 9.86. The number of rotatable bonds is 4. The lowest BCUT2D eigenvalue weighted by Gasteiger charge is -1.92. The van der Waals surface area contributed by atoms with Crippen LogP contribution in [0.25, 0.3) is 0 Å². The van der Waals surface area contributed by atoms with E-state index in [4.69, 9.17) is 10.2 Å². The molecule has 0 fully saturated rings. The summed E-state index contributed by atoms with van der Waals surface area (Å²) in [6.45, 7) is 8.10. The quantitative estimate of drug-likeness (QED) is 0.653. The van der Waals surface area contributed by atoms with Crippen LogP contribution >= 0.6 is 0 Å². The Morgan fingerprint density at radius 3 is 1.85 bits per heavy atom. The fourth-order valence-electron chi connectivity index (χ4n) is 0.224. The van der Waals surface area contributed by atoms with Crippen LogP contribution in [0.3, 0.4) is 0 Å². The molecule has 4 nitrogen and oxygen atoms in total. The van der Waals surface area contributed by atoms with E-state index in [1.807, 2.05) is 0 Å². The van der Waals surface area contributed by atoms with Crippen molar-refractivity contribution in [3.05, 3.63) is 25.3 Å². The Balaban J connectivity index is 0. The molecule has 0 radical (unpaired) electrons. The molecule has 0 saturated heterocycles.